The van der Waals surface area contributed by atoms with Crippen molar-refractivity contribution in [3.63, 3.8) is 0 Å². The molecule has 0 bridgehead atoms. The van der Waals surface area contributed by atoms with Crippen molar-refractivity contribution in [1.82, 2.24) is 0 Å². The number of hydrogen-bond acceptors (Lipinski definition) is 3. The van der Waals surface area contributed by atoms with Gasteiger partial charge >= 0.3 is 0 Å². The minimum Gasteiger partial charge on any atom is -0.356 e. The summed E-state index contributed by atoms with van der Waals surface area (Å²) in [5.74, 6) is -1.79. The Morgan fingerprint density at radius 3 is 2.40 bits per heavy atom. The van der Waals surface area contributed by atoms with Crippen LogP contribution in [0.15, 0.2) is 5.16 Å². The number of halogens is 3. The van der Waals surface area contributed by atoms with E-state index in [4.69, 9.17) is 34.8 Å². The molecule has 1 aliphatic rings. The van der Waals surface area contributed by atoms with Crippen molar-refractivity contribution in [3.8, 4) is 0 Å². The van der Waals surface area contributed by atoms with E-state index < -0.39 is 9.58 Å². The predicted molar refractivity (Wildman–Crippen MR) is 39.4 cm³/mol. The molecule has 6 heteroatoms. The molecule has 0 aliphatic carbocycles. The van der Waals surface area contributed by atoms with Crippen LogP contribution in [0.2, 0.25) is 0 Å². The Morgan fingerprint density at radius 2 is 2.20 bits per heavy atom. The fourth-order valence-electron chi connectivity index (χ4n) is 0.490. The Hall–Kier alpha value is 0.300. The smallest absolute Gasteiger partial charge is 0.287 e. The van der Waals surface area contributed by atoms with Crippen LogP contribution in [0.3, 0.4) is 0 Å². The van der Waals surface area contributed by atoms with Gasteiger partial charge in [0.1, 0.15) is 0 Å². The highest BCUT2D eigenvalue weighted by Crippen LogP contribution is 2.42. The first kappa shape index (κ1) is 8.40. The van der Waals surface area contributed by atoms with E-state index >= 15 is 0 Å². The summed E-state index contributed by atoms with van der Waals surface area (Å²) in [7, 11) is 0. The van der Waals surface area contributed by atoms with Crippen LogP contribution in [0.5, 0.6) is 0 Å². The summed E-state index contributed by atoms with van der Waals surface area (Å²) < 4.78 is -1.86. The van der Waals surface area contributed by atoms with Gasteiger partial charge in [-0.15, -0.1) is 0 Å². The third-order valence-corrected chi connectivity index (χ3v) is 1.98. The third kappa shape index (κ3) is 1.32. The fourth-order valence-corrected chi connectivity index (χ4v) is 0.825. The van der Waals surface area contributed by atoms with Gasteiger partial charge in [0, 0.05) is 0 Å². The molecule has 0 amide bonds. The average Bonchev–Trinajstić information content (AvgIpc) is 2.13. The molecule has 1 N–H and O–H groups in total. The van der Waals surface area contributed by atoms with Gasteiger partial charge in [-0.3, -0.25) is 0 Å². The van der Waals surface area contributed by atoms with Crippen LogP contribution in [-0.2, 0) is 4.84 Å². The van der Waals surface area contributed by atoms with Crippen molar-refractivity contribution in [2.24, 2.45) is 5.16 Å². The fraction of sp³-hybridized carbons (Fsp3) is 0.750. The highest BCUT2D eigenvalue weighted by atomic mass is 35.6. The number of hydrogen-bond donors (Lipinski definition) is 1. The van der Waals surface area contributed by atoms with Crippen molar-refractivity contribution >= 4 is 41.0 Å². The first-order valence-corrected chi connectivity index (χ1v) is 3.58. The largest absolute Gasteiger partial charge is 0.356 e. The molecule has 0 unspecified atom stereocenters. The van der Waals surface area contributed by atoms with Crippen LogP contribution in [0.4, 0.5) is 0 Å². The number of rotatable bonds is 0. The van der Waals surface area contributed by atoms with Gasteiger partial charge in [0.2, 0.25) is 0 Å². The lowest BCUT2D eigenvalue weighted by Gasteiger charge is -2.26. The van der Waals surface area contributed by atoms with Gasteiger partial charge in [0.05, 0.1) is 12.6 Å². The molecule has 0 aromatic heterocycles. The van der Waals surface area contributed by atoms with E-state index in [-0.39, 0.29) is 6.42 Å². The second-order valence-corrected chi connectivity index (χ2v) is 4.15. The maximum Gasteiger partial charge on any atom is 0.287 e. The topological polar surface area (TPSA) is 41.8 Å². The zero-order valence-electron chi connectivity index (χ0n) is 4.72. The summed E-state index contributed by atoms with van der Waals surface area (Å²) in [6.45, 7) is 0. The van der Waals surface area contributed by atoms with Crippen LogP contribution in [0.1, 0.15) is 6.42 Å². The lowest BCUT2D eigenvalue weighted by molar-refractivity contribution is -0.181. The molecule has 3 nitrogen and oxygen atoms in total. The lowest BCUT2D eigenvalue weighted by Crippen LogP contribution is -2.42. The predicted octanol–water partition coefficient (Wildman–Crippen LogP) is 1.45. The Bertz CT molecular complexity index is 156. The zero-order chi connectivity index (χ0) is 7.83. The van der Waals surface area contributed by atoms with Gasteiger partial charge in [0.25, 0.3) is 9.58 Å². The molecule has 1 aliphatic heterocycles. The molecule has 0 saturated carbocycles. The highest BCUT2D eigenvalue weighted by molar-refractivity contribution is 6.68. The quantitative estimate of drug-likeness (QED) is 0.607. The summed E-state index contributed by atoms with van der Waals surface area (Å²) in [6, 6.07) is 0. The first-order valence-electron chi connectivity index (χ1n) is 2.45. The summed E-state index contributed by atoms with van der Waals surface area (Å²) in [5.41, 5.74) is 0. The second kappa shape index (κ2) is 2.41. The molecule has 0 aromatic rings. The zero-order valence-corrected chi connectivity index (χ0v) is 6.99. The third-order valence-electron chi connectivity index (χ3n) is 1.09. The number of aliphatic hydroxyl groups is 1. The Kier molecular flexibility index (Phi) is 2.02. The minimum absolute atomic E-state index is 0.0868. The molecule has 0 saturated heterocycles. The normalized spacial score (nSPS) is 32.4. The summed E-state index contributed by atoms with van der Waals surface area (Å²) in [6.07, 6.45) is 1.42. The molecule has 1 rings (SSSR count). The SMILES string of the molecule is O[C@@]1(C(Cl)(Cl)Cl)CC=NO1. The van der Waals surface area contributed by atoms with Crippen molar-refractivity contribution in [2.45, 2.75) is 16.0 Å². The van der Waals surface area contributed by atoms with Crippen LogP contribution in [0, 0.1) is 0 Å². The monoisotopic (exact) mass is 203 g/mol. The minimum atomic E-state index is -1.86. The van der Waals surface area contributed by atoms with Gasteiger partial charge < -0.3 is 9.94 Å². The molecule has 0 spiro atoms. The highest BCUT2D eigenvalue weighted by Gasteiger charge is 2.51. The summed E-state index contributed by atoms with van der Waals surface area (Å²) in [4.78, 5) is 4.43. The van der Waals surface area contributed by atoms with E-state index in [2.05, 4.69) is 9.99 Å². The molecule has 0 radical (unpaired) electrons. The first-order chi connectivity index (χ1) is 4.46. The standard InChI is InChI=1S/C4H4Cl3NO2/c5-4(6,7)3(9)1-2-8-10-3/h2,9H,1H2/t3-/m0/s1. The number of oxime groups is 1. The summed E-state index contributed by atoms with van der Waals surface area (Å²) >= 11 is 16.1. The van der Waals surface area contributed by atoms with E-state index in [0.717, 1.165) is 0 Å². The van der Waals surface area contributed by atoms with Gasteiger partial charge in [0.15, 0.2) is 0 Å². The van der Waals surface area contributed by atoms with Gasteiger partial charge in [-0.05, 0) is 0 Å². The lowest BCUT2D eigenvalue weighted by atomic mass is 10.2. The number of alkyl halides is 3. The molecule has 0 aromatic carbocycles. The van der Waals surface area contributed by atoms with E-state index in [1.165, 1.54) is 6.21 Å². The molecule has 58 valence electrons. The van der Waals surface area contributed by atoms with E-state index in [9.17, 15) is 5.11 Å². The number of nitrogens with zero attached hydrogens (tertiary/aromatic N) is 1. The molecule has 1 heterocycles. The molecule has 10 heavy (non-hydrogen) atoms. The van der Waals surface area contributed by atoms with Gasteiger partial charge in [-0.1, -0.05) is 40.0 Å². The van der Waals surface area contributed by atoms with E-state index in [1.54, 1.807) is 0 Å². The Labute approximate surface area is 72.5 Å². The molecule has 0 fully saturated rings. The van der Waals surface area contributed by atoms with Crippen molar-refractivity contribution < 1.29 is 9.94 Å². The van der Waals surface area contributed by atoms with E-state index in [1.807, 2.05) is 0 Å². The second-order valence-electron chi connectivity index (χ2n) is 1.87. The maximum absolute atomic E-state index is 9.28. The van der Waals surface area contributed by atoms with Crippen LogP contribution in [0.25, 0.3) is 0 Å². The molecular formula is C4H4Cl3NO2. The van der Waals surface area contributed by atoms with Crippen molar-refractivity contribution in [3.05, 3.63) is 0 Å². The maximum atomic E-state index is 9.28. The van der Waals surface area contributed by atoms with Crippen molar-refractivity contribution in [1.29, 1.82) is 0 Å². The van der Waals surface area contributed by atoms with E-state index in [0.29, 0.717) is 0 Å². The van der Waals surface area contributed by atoms with Crippen LogP contribution < -0.4 is 0 Å². The van der Waals surface area contributed by atoms with Crippen LogP contribution >= 0.6 is 34.8 Å². The Balaban J connectivity index is 2.71. The average molecular weight is 204 g/mol. The summed E-state index contributed by atoms with van der Waals surface area (Å²) in [5, 5.41) is 12.6. The molecular weight excluding hydrogens is 200 g/mol. The van der Waals surface area contributed by atoms with Gasteiger partial charge in [-0.2, -0.15) is 0 Å². The van der Waals surface area contributed by atoms with Gasteiger partial charge in [-0.25, -0.2) is 0 Å². The van der Waals surface area contributed by atoms with Crippen molar-refractivity contribution in [2.75, 3.05) is 0 Å². The Morgan fingerprint density at radius 1 is 1.60 bits per heavy atom. The van der Waals surface area contributed by atoms with Crippen LogP contribution in [-0.4, -0.2) is 20.9 Å². The molecule has 1 atom stereocenters.